The number of amides is 1. The van der Waals surface area contributed by atoms with E-state index in [0.29, 0.717) is 12.3 Å². The van der Waals surface area contributed by atoms with Crippen LogP contribution in [0.25, 0.3) is 0 Å². The Bertz CT molecular complexity index is 695. The van der Waals surface area contributed by atoms with Crippen LogP contribution in [-0.2, 0) is 27.3 Å². The Balaban J connectivity index is 1.74. The molecule has 0 bridgehead atoms. The summed E-state index contributed by atoms with van der Waals surface area (Å²) in [5.41, 5.74) is 2.88. The average molecular weight is 327 g/mol. The van der Waals surface area contributed by atoms with Crippen molar-refractivity contribution in [2.75, 3.05) is 13.7 Å². The minimum absolute atomic E-state index is 0.0647. The van der Waals surface area contributed by atoms with Crippen molar-refractivity contribution in [2.24, 2.45) is 0 Å². The summed E-state index contributed by atoms with van der Waals surface area (Å²) >= 11 is 0. The molecule has 0 fully saturated rings. The molecule has 0 saturated carbocycles. The van der Waals surface area contributed by atoms with Crippen LogP contribution in [0.4, 0.5) is 0 Å². The monoisotopic (exact) mass is 327 g/mol. The molecule has 0 unspecified atom stereocenters. The van der Waals surface area contributed by atoms with Crippen LogP contribution in [0.5, 0.6) is 5.75 Å². The van der Waals surface area contributed by atoms with Crippen LogP contribution in [0, 0.1) is 6.92 Å². The van der Waals surface area contributed by atoms with Crippen LogP contribution < -0.4 is 10.1 Å². The molecular formula is C19H21NO4. The van der Waals surface area contributed by atoms with E-state index in [0.717, 1.165) is 16.7 Å². The van der Waals surface area contributed by atoms with Gasteiger partial charge in [-0.2, -0.15) is 0 Å². The summed E-state index contributed by atoms with van der Waals surface area (Å²) in [5.74, 6) is -0.174. The first-order valence-corrected chi connectivity index (χ1v) is 7.68. The van der Waals surface area contributed by atoms with Crippen molar-refractivity contribution in [3.63, 3.8) is 0 Å². The third-order valence-electron chi connectivity index (χ3n) is 3.50. The number of esters is 1. The molecule has 0 radical (unpaired) electrons. The number of benzene rings is 2. The molecule has 1 amide bonds. The number of nitrogens with one attached hydrogen (secondary N) is 1. The Morgan fingerprint density at radius 1 is 1.04 bits per heavy atom. The molecule has 0 heterocycles. The number of methoxy groups -OCH3 is 1. The van der Waals surface area contributed by atoms with Gasteiger partial charge in [-0.05, 0) is 18.6 Å². The van der Waals surface area contributed by atoms with Gasteiger partial charge in [0.2, 0.25) is 0 Å². The van der Waals surface area contributed by atoms with Gasteiger partial charge in [-0.1, -0.05) is 48.0 Å². The van der Waals surface area contributed by atoms with E-state index in [1.54, 1.807) is 19.2 Å². The summed E-state index contributed by atoms with van der Waals surface area (Å²) < 4.78 is 10.2. The van der Waals surface area contributed by atoms with Gasteiger partial charge in [0.25, 0.3) is 5.91 Å². The quantitative estimate of drug-likeness (QED) is 0.793. The van der Waals surface area contributed by atoms with Crippen molar-refractivity contribution >= 4 is 11.9 Å². The second-order valence-corrected chi connectivity index (χ2v) is 5.41. The topological polar surface area (TPSA) is 64.6 Å². The number of carbonyl (C=O) groups excluding carboxylic acids is 2. The lowest BCUT2D eigenvalue weighted by Gasteiger charge is -2.09. The first kappa shape index (κ1) is 17.5. The van der Waals surface area contributed by atoms with Crippen molar-refractivity contribution in [1.82, 2.24) is 5.32 Å². The summed E-state index contributed by atoms with van der Waals surface area (Å²) in [5, 5.41) is 2.72. The number of hydrogen-bond donors (Lipinski definition) is 1. The standard InChI is InChI=1S/C19H21NO4/c1-14-7-9-15(10-8-14)12-20-18(21)13-24-19(22)11-16-5-3-4-6-17(16)23-2/h3-10H,11-13H2,1-2H3,(H,20,21). The SMILES string of the molecule is COc1ccccc1CC(=O)OCC(=O)NCc1ccc(C)cc1. The second kappa shape index (κ2) is 8.72. The number of para-hydroxylation sites is 1. The van der Waals surface area contributed by atoms with E-state index in [1.807, 2.05) is 43.3 Å². The molecule has 0 spiro atoms. The lowest BCUT2D eigenvalue weighted by Crippen LogP contribution is -2.28. The van der Waals surface area contributed by atoms with Crippen LogP contribution in [0.15, 0.2) is 48.5 Å². The lowest BCUT2D eigenvalue weighted by molar-refractivity contribution is -0.147. The first-order valence-electron chi connectivity index (χ1n) is 7.68. The Morgan fingerprint density at radius 3 is 2.46 bits per heavy atom. The Kier molecular flexibility index (Phi) is 6.37. The molecule has 0 atom stereocenters. The van der Waals surface area contributed by atoms with E-state index in [4.69, 9.17) is 9.47 Å². The van der Waals surface area contributed by atoms with Gasteiger partial charge in [0, 0.05) is 12.1 Å². The summed E-state index contributed by atoms with van der Waals surface area (Å²) in [4.78, 5) is 23.6. The van der Waals surface area contributed by atoms with Gasteiger partial charge >= 0.3 is 5.97 Å². The lowest BCUT2D eigenvalue weighted by atomic mass is 10.1. The molecule has 0 aliphatic rings. The molecule has 1 N–H and O–H groups in total. The van der Waals surface area contributed by atoms with E-state index in [1.165, 1.54) is 0 Å². The molecular weight excluding hydrogens is 306 g/mol. The molecule has 0 saturated heterocycles. The highest BCUT2D eigenvalue weighted by atomic mass is 16.5. The maximum absolute atomic E-state index is 11.8. The van der Waals surface area contributed by atoms with Gasteiger partial charge in [0.1, 0.15) is 5.75 Å². The highest BCUT2D eigenvalue weighted by molar-refractivity contribution is 5.81. The fraction of sp³-hybridized carbons (Fsp3) is 0.263. The maximum Gasteiger partial charge on any atom is 0.310 e. The zero-order valence-electron chi connectivity index (χ0n) is 13.9. The van der Waals surface area contributed by atoms with E-state index in [9.17, 15) is 9.59 Å². The van der Waals surface area contributed by atoms with E-state index < -0.39 is 5.97 Å². The van der Waals surface area contributed by atoms with E-state index in [-0.39, 0.29) is 18.9 Å². The highest BCUT2D eigenvalue weighted by Crippen LogP contribution is 2.17. The smallest absolute Gasteiger partial charge is 0.310 e. The van der Waals surface area contributed by atoms with E-state index >= 15 is 0 Å². The van der Waals surface area contributed by atoms with Crippen LogP contribution in [0.1, 0.15) is 16.7 Å². The summed E-state index contributed by atoms with van der Waals surface area (Å²) in [6.45, 7) is 2.12. The first-order chi connectivity index (χ1) is 11.6. The predicted octanol–water partition coefficient (Wildman–Crippen LogP) is 2.41. The van der Waals surface area contributed by atoms with E-state index in [2.05, 4.69) is 5.32 Å². The van der Waals surface area contributed by atoms with Crippen LogP contribution >= 0.6 is 0 Å². The van der Waals surface area contributed by atoms with Crippen molar-refractivity contribution in [3.8, 4) is 5.75 Å². The molecule has 0 aromatic heterocycles. The molecule has 2 rings (SSSR count). The number of ether oxygens (including phenoxy) is 2. The van der Waals surface area contributed by atoms with Crippen molar-refractivity contribution in [1.29, 1.82) is 0 Å². The van der Waals surface area contributed by atoms with Gasteiger partial charge in [-0.25, -0.2) is 0 Å². The van der Waals surface area contributed by atoms with Crippen molar-refractivity contribution in [2.45, 2.75) is 19.9 Å². The zero-order valence-corrected chi connectivity index (χ0v) is 13.9. The third-order valence-corrected chi connectivity index (χ3v) is 3.50. The van der Waals surface area contributed by atoms with Crippen molar-refractivity contribution < 1.29 is 19.1 Å². The minimum Gasteiger partial charge on any atom is -0.496 e. The van der Waals surface area contributed by atoms with Crippen LogP contribution in [-0.4, -0.2) is 25.6 Å². The zero-order chi connectivity index (χ0) is 17.4. The summed E-state index contributed by atoms with van der Waals surface area (Å²) in [7, 11) is 1.54. The molecule has 2 aromatic rings. The Labute approximate surface area is 141 Å². The fourth-order valence-corrected chi connectivity index (χ4v) is 2.16. The third kappa shape index (κ3) is 5.43. The molecule has 0 aliphatic heterocycles. The molecule has 2 aromatic carbocycles. The molecule has 5 nitrogen and oxygen atoms in total. The van der Waals surface area contributed by atoms with Crippen LogP contribution in [0.3, 0.4) is 0 Å². The number of hydrogen-bond acceptors (Lipinski definition) is 4. The minimum atomic E-state index is -0.468. The number of aryl methyl sites for hydroxylation is 1. The molecule has 126 valence electrons. The van der Waals surface area contributed by atoms with Gasteiger partial charge in [0.15, 0.2) is 6.61 Å². The second-order valence-electron chi connectivity index (χ2n) is 5.41. The largest absolute Gasteiger partial charge is 0.496 e. The molecule has 5 heteroatoms. The van der Waals surface area contributed by atoms with Crippen LogP contribution in [0.2, 0.25) is 0 Å². The van der Waals surface area contributed by atoms with Gasteiger partial charge < -0.3 is 14.8 Å². The number of carbonyl (C=O) groups is 2. The van der Waals surface area contributed by atoms with Crippen molar-refractivity contribution in [3.05, 3.63) is 65.2 Å². The summed E-state index contributed by atoms with van der Waals surface area (Å²) in [6.07, 6.45) is 0.0647. The van der Waals surface area contributed by atoms with Gasteiger partial charge in [0.05, 0.1) is 13.5 Å². The Hall–Kier alpha value is -2.82. The average Bonchev–Trinajstić information content (AvgIpc) is 2.60. The van der Waals surface area contributed by atoms with Gasteiger partial charge in [-0.15, -0.1) is 0 Å². The molecule has 0 aliphatic carbocycles. The number of rotatable bonds is 7. The highest BCUT2D eigenvalue weighted by Gasteiger charge is 2.11. The van der Waals surface area contributed by atoms with Gasteiger partial charge in [-0.3, -0.25) is 9.59 Å². The predicted molar refractivity (Wildman–Crippen MR) is 90.7 cm³/mol. The Morgan fingerprint density at radius 2 is 1.75 bits per heavy atom. The maximum atomic E-state index is 11.8. The molecule has 24 heavy (non-hydrogen) atoms. The fourth-order valence-electron chi connectivity index (χ4n) is 2.16. The normalized spacial score (nSPS) is 10.1. The summed E-state index contributed by atoms with van der Waals surface area (Å²) in [6, 6.07) is 15.1.